The zero-order chi connectivity index (χ0) is 15.2. The molecule has 5 heteroatoms. The molecule has 0 saturated heterocycles. The molecule has 0 saturated carbocycles. The second-order valence-corrected chi connectivity index (χ2v) is 4.88. The van der Waals surface area contributed by atoms with Gasteiger partial charge < -0.3 is 10.6 Å². The van der Waals surface area contributed by atoms with Gasteiger partial charge >= 0.3 is 6.03 Å². The monoisotopic (exact) mass is 304 g/mol. The van der Waals surface area contributed by atoms with E-state index in [1.807, 2.05) is 31.2 Å². The quantitative estimate of drug-likeness (QED) is 0.856. The molecule has 3 nitrogen and oxygen atoms in total. The van der Waals surface area contributed by atoms with E-state index in [-0.39, 0.29) is 5.02 Å². The van der Waals surface area contributed by atoms with E-state index in [2.05, 4.69) is 10.6 Å². The lowest BCUT2D eigenvalue weighted by atomic mass is 10.1. The van der Waals surface area contributed by atoms with Crippen molar-refractivity contribution in [3.63, 3.8) is 0 Å². The van der Waals surface area contributed by atoms with Crippen LogP contribution in [0.1, 0.15) is 11.1 Å². The molecular weight excluding hydrogens is 291 g/mol. The molecule has 2 amide bonds. The van der Waals surface area contributed by atoms with Crippen LogP contribution in [0.25, 0.3) is 6.08 Å². The van der Waals surface area contributed by atoms with Crippen LogP contribution in [-0.2, 0) is 0 Å². The standard InChI is InChI=1S/C16H14ClFN2O/c1-11-2-4-12(5-3-11)8-9-19-16(21)20-13-6-7-15(18)14(17)10-13/h2-10H,1H3,(H2,19,20,21)/b9-8+. The number of carbonyl (C=O) groups is 1. The molecule has 2 N–H and O–H groups in total. The number of anilines is 1. The third kappa shape index (κ3) is 4.61. The van der Waals surface area contributed by atoms with Crippen molar-refractivity contribution in [1.29, 1.82) is 0 Å². The summed E-state index contributed by atoms with van der Waals surface area (Å²) in [6.45, 7) is 2.01. The molecule has 2 aromatic rings. The Hall–Kier alpha value is -2.33. The van der Waals surface area contributed by atoms with Crippen molar-refractivity contribution in [3.05, 3.63) is 70.6 Å². The van der Waals surface area contributed by atoms with Gasteiger partial charge in [0.2, 0.25) is 0 Å². The van der Waals surface area contributed by atoms with Crippen LogP contribution in [0.5, 0.6) is 0 Å². The van der Waals surface area contributed by atoms with E-state index in [1.165, 1.54) is 30.0 Å². The highest BCUT2D eigenvalue weighted by Gasteiger charge is 2.03. The maximum atomic E-state index is 13.0. The molecular formula is C16H14ClFN2O. The minimum Gasteiger partial charge on any atom is -0.314 e. The highest BCUT2D eigenvalue weighted by Crippen LogP contribution is 2.19. The number of nitrogens with one attached hydrogen (secondary N) is 2. The predicted octanol–water partition coefficient (Wildman–Crippen LogP) is 4.58. The molecule has 0 aliphatic rings. The maximum Gasteiger partial charge on any atom is 0.323 e. The Morgan fingerprint density at radius 1 is 1.19 bits per heavy atom. The lowest BCUT2D eigenvalue weighted by molar-refractivity contribution is 0.255. The Balaban J connectivity index is 1.89. The van der Waals surface area contributed by atoms with Gasteiger partial charge in [0.1, 0.15) is 5.82 Å². The van der Waals surface area contributed by atoms with Gasteiger partial charge in [0, 0.05) is 11.9 Å². The van der Waals surface area contributed by atoms with E-state index in [0.717, 1.165) is 5.56 Å². The van der Waals surface area contributed by atoms with E-state index >= 15 is 0 Å². The van der Waals surface area contributed by atoms with Crippen LogP contribution < -0.4 is 10.6 Å². The number of halogens is 2. The number of benzene rings is 2. The molecule has 0 aliphatic carbocycles. The molecule has 0 bridgehead atoms. The fraction of sp³-hybridized carbons (Fsp3) is 0.0625. The fourth-order valence-corrected chi connectivity index (χ4v) is 1.81. The number of hydrogen-bond acceptors (Lipinski definition) is 1. The molecule has 108 valence electrons. The second-order valence-electron chi connectivity index (χ2n) is 4.47. The summed E-state index contributed by atoms with van der Waals surface area (Å²) in [5.74, 6) is -0.526. The number of aryl methyl sites for hydroxylation is 1. The smallest absolute Gasteiger partial charge is 0.314 e. The minimum absolute atomic E-state index is 0.0389. The van der Waals surface area contributed by atoms with Crippen LogP contribution in [0.15, 0.2) is 48.7 Å². The molecule has 21 heavy (non-hydrogen) atoms. The molecule has 2 rings (SSSR count). The van der Waals surface area contributed by atoms with Crippen molar-refractivity contribution >= 4 is 29.4 Å². The van der Waals surface area contributed by atoms with Crippen molar-refractivity contribution in [1.82, 2.24) is 5.32 Å². The summed E-state index contributed by atoms with van der Waals surface area (Å²) in [5.41, 5.74) is 2.57. The zero-order valence-corrected chi connectivity index (χ0v) is 12.1. The first-order chi connectivity index (χ1) is 10.0. The van der Waals surface area contributed by atoms with Crippen LogP contribution in [-0.4, -0.2) is 6.03 Å². The summed E-state index contributed by atoms with van der Waals surface area (Å²) in [6.07, 6.45) is 3.31. The summed E-state index contributed by atoms with van der Waals surface area (Å²) in [7, 11) is 0. The van der Waals surface area contributed by atoms with Gasteiger partial charge in [0.05, 0.1) is 5.02 Å². The Kier molecular flexibility index (Phi) is 4.95. The van der Waals surface area contributed by atoms with Crippen LogP contribution >= 0.6 is 11.6 Å². The average Bonchev–Trinajstić information content (AvgIpc) is 2.45. The number of amides is 2. The van der Waals surface area contributed by atoms with E-state index in [9.17, 15) is 9.18 Å². The number of urea groups is 1. The first kappa shape index (κ1) is 15.1. The zero-order valence-electron chi connectivity index (χ0n) is 11.4. The van der Waals surface area contributed by atoms with Gasteiger partial charge in [-0.25, -0.2) is 9.18 Å². The highest BCUT2D eigenvalue weighted by atomic mass is 35.5. The Labute approximate surface area is 127 Å². The molecule has 0 aromatic heterocycles. The SMILES string of the molecule is Cc1ccc(/C=C/NC(=O)Nc2ccc(F)c(Cl)c2)cc1. The molecule has 0 spiro atoms. The highest BCUT2D eigenvalue weighted by molar-refractivity contribution is 6.31. The summed E-state index contributed by atoms with van der Waals surface area (Å²) in [5, 5.41) is 5.07. The molecule has 0 aliphatic heterocycles. The lowest BCUT2D eigenvalue weighted by Gasteiger charge is -2.05. The average molecular weight is 305 g/mol. The number of hydrogen-bond donors (Lipinski definition) is 2. The van der Waals surface area contributed by atoms with E-state index in [1.54, 1.807) is 6.08 Å². The maximum absolute atomic E-state index is 13.0. The predicted molar refractivity (Wildman–Crippen MR) is 83.8 cm³/mol. The van der Waals surface area contributed by atoms with Crippen LogP contribution in [0, 0.1) is 12.7 Å². The van der Waals surface area contributed by atoms with Gasteiger partial charge in [-0.1, -0.05) is 41.4 Å². The van der Waals surface area contributed by atoms with E-state index in [0.29, 0.717) is 5.69 Å². The van der Waals surface area contributed by atoms with Gasteiger partial charge in [-0.05, 0) is 36.8 Å². The van der Waals surface area contributed by atoms with Crippen molar-refractivity contribution < 1.29 is 9.18 Å². The van der Waals surface area contributed by atoms with Gasteiger partial charge in [-0.15, -0.1) is 0 Å². The lowest BCUT2D eigenvalue weighted by Crippen LogP contribution is -2.23. The third-order valence-electron chi connectivity index (χ3n) is 2.75. The van der Waals surface area contributed by atoms with Crippen LogP contribution in [0.4, 0.5) is 14.9 Å². The van der Waals surface area contributed by atoms with E-state index < -0.39 is 11.8 Å². The summed E-state index contributed by atoms with van der Waals surface area (Å²) in [6, 6.07) is 11.4. The first-order valence-corrected chi connectivity index (χ1v) is 6.68. The largest absolute Gasteiger partial charge is 0.323 e. The van der Waals surface area contributed by atoms with Gasteiger partial charge in [0.25, 0.3) is 0 Å². The number of rotatable bonds is 3. The first-order valence-electron chi connectivity index (χ1n) is 6.30. The second kappa shape index (κ2) is 6.90. The third-order valence-corrected chi connectivity index (χ3v) is 3.03. The molecule has 2 aromatic carbocycles. The molecule has 0 atom stereocenters. The summed E-state index contributed by atoms with van der Waals surface area (Å²) in [4.78, 5) is 11.6. The molecule has 0 unspecified atom stereocenters. The molecule has 0 radical (unpaired) electrons. The Morgan fingerprint density at radius 2 is 1.90 bits per heavy atom. The Bertz CT molecular complexity index is 668. The minimum atomic E-state index is -0.526. The Morgan fingerprint density at radius 3 is 2.57 bits per heavy atom. The van der Waals surface area contributed by atoms with Gasteiger partial charge in [-0.3, -0.25) is 0 Å². The van der Waals surface area contributed by atoms with Crippen molar-refractivity contribution in [3.8, 4) is 0 Å². The molecule has 0 fully saturated rings. The van der Waals surface area contributed by atoms with Gasteiger partial charge in [0.15, 0.2) is 0 Å². The normalized spacial score (nSPS) is 10.6. The van der Waals surface area contributed by atoms with Crippen LogP contribution in [0.2, 0.25) is 5.02 Å². The fourth-order valence-electron chi connectivity index (χ4n) is 1.63. The van der Waals surface area contributed by atoms with Gasteiger partial charge in [-0.2, -0.15) is 0 Å². The van der Waals surface area contributed by atoms with E-state index in [4.69, 9.17) is 11.6 Å². The van der Waals surface area contributed by atoms with Crippen molar-refractivity contribution in [2.24, 2.45) is 0 Å². The van der Waals surface area contributed by atoms with Crippen LogP contribution in [0.3, 0.4) is 0 Å². The summed E-state index contributed by atoms with van der Waals surface area (Å²) < 4.78 is 13.0. The van der Waals surface area contributed by atoms with Crippen molar-refractivity contribution in [2.45, 2.75) is 6.92 Å². The summed E-state index contributed by atoms with van der Waals surface area (Å²) >= 11 is 5.63. The molecule has 0 heterocycles. The van der Waals surface area contributed by atoms with Crippen molar-refractivity contribution in [2.75, 3.05) is 5.32 Å². The number of carbonyl (C=O) groups excluding carboxylic acids is 1. The topological polar surface area (TPSA) is 41.1 Å².